The first-order valence-electron chi connectivity index (χ1n) is 6.14. The van der Waals surface area contributed by atoms with E-state index in [0.717, 1.165) is 0 Å². The van der Waals surface area contributed by atoms with Crippen molar-refractivity contribution < 1.29 is 24.2 Å². The minimum absolute atomic E-state index is 0.0587. The van der Waals surface area contributed by atoms with Crippen molar-refractivity contribution in [3.05, 3.63) is 6.07 Å². The first-order valence-corrected chi connectivity index (χ1v) is 6.14. The molecule has 0 aromatic carbocycles. The fourth-order valence-corrected chi connectivity index (χ4v) is 1.46. The lowest BCUT2D eigenvalue weighted by molar-refractivity contribution is -0.140. The van der Waals surface area contributed by atoms with Crippen LogP contribution in [-0.4, -0.2) is 47.3 Å². The summed E-state index contributed by atoms with van der Waals surface area (Å²) < 4.78 is 9.88. The quantitative estimate of drug-likeness (QED) is 0.707. The topological polar surface area (TPSA) is 123 Å². The molecule has 0 saturated carbocycles. The minimum atomic E-state index is -1.12. The zero-order valence-corrected chi connectivity index (χ0v) is 12.2. The van der Waals surface area contributed by atoms with Gasteiger partial charge < -0.3 is 19.9 Å². The molecule has 1 aromatic rings. The Morgan fingerprint density at radius 1 is 1.19 bits per heavy atom. The maximum absolute atomic E-state index is 11.8. The first-order chi connectivity index (χ1) is 9.87. The molecular formula is C12H18N4O5. The number of amides is 2. The zero-order chi connectivity index (χ0) is 16.0. The van der Waals surface area contributed by atoms with E-state index < -0.39 is 18.0 Å². The van der Waals surface area contributed by atoms with E-state index in [2.05, 4.69) is 20.6 Å². The van der Waals surface area contributed by atoms with Crippen LogP contribution in [0.15, 0.2) is 6.07 Å². The van der Waals surface area contributed by atoms with Crippen LogP contribution in [0.5, 0.6) is 11.8 Å². The normalized spacial score (nSPS) is 11.7. The number of carboxylic acids is 1. The monoisotopic (exact) mass is 298 g/mol. The highest BCUT2D eigenvalue weighted by atomic mass is 16.5. The molecule has 0 radical (unpaired) electrons. The molecule has 1 rings (SSSR count). The number of nitrogens with zero attached hydrogens (tertiary/aromatic N) is 2. The van der Waals surface area contributed by atoms with Gasteiger partial charge in [0.2, 0.25) is 17.7 Å². The standard InChI is InChI=1S/C12H18N4O5/c1-6(2)9(10(17)18)15-12(19)16-11-13-7(20-3)5-8(14-11)21-4/h5-6,9H,1-4H3,(H,17,18)(H2,13,14,15,16,19). The Labute approximate surface area is 121 Å². The summed E-state index contributed by atoms with van der Waals surface area (Å²) >= 11 is 0. The van der Waals surface area contributed by atoms with E-state index >= 15 is 0 Å². The Balaban J connectivity index is 2.80. The highest BCUT2D eigenvalue weighted by Crippen LogP contribution is 2.17. The van der Waals surface area contributed by atoms with Gasteiger partial charge in [0.05, 0.1) is 20.3 Å². The number of hydrogen-bond donors (Lipinski definition) is 3. The van der Waals surface area contributed by atoms with Gasteiger partial charge in [-0.3, -0.25) is 5.32 Å². The molecule has 9 nitrogen and oxygen atoms in total. The summed E-state index contributed by atoms with van der Waals surface area (Å²) in [6, 6.07) is -0.305. The number of hydrogen-bond acceptors (Lipinski definition) is 6. The average Bonchev–Trinajstić information content (AvgIpc) is 2.43. The van der Waals surface area contributed by atoms with E-state index in [1.165, 1.54) is 20.3 Å². The highest BCUT2D eigenvalue weighted by molar-refractivity contribution is 5.91. The molecule has 0 aliphatic heterocycles. The number of rotatable bonds is 6. The smallest absolute Gasteiger partial charge is 0.326 e. The van der Waals surface area contributed by atoms with Crippen molar-refractivity contribution in [3.63, 3.8) is 0 Å². The molecule has 0 aliphatic rings. The molecule has 0 aliphatic carbocycles. The van der Waals surface area contributed by atoms with Gasteiger partial charge in [0.25, 0.3) is 0 Å². The van der Waals surface area contributed by atoms with Crippen molar-refractivity contribution >= 4 is 17.9 Å². The Morgan fingerprint density at radius 3 is 2.10 bits per heavy atom. The van der Waals surface area contributed by atoms with Gasteiger partial charge in [-0.25, -0.2) is 9.59 Å². The molecule has 3 N–H and O–H groups in total. The van der Waals surface area contributed by atoms with Crippen LogP contribution in [0.1, 0.15) is 13.8 Å². The Bertz CT molecular complexity index is 498. The molecule has 116 valence electrons. The van der Waals surface area contributed by atoms with Gasteiger partial charge in [0, 0.05) is 0 Å². The lowest BCUT2D eigenvalue weighted by atomic mass is 10.1. The summed E-state index contributed by atoms with van der Waals surface area (Å²) in [7, 11) is 2.82. The van der Waals surface area contributed by atoms with Crippen LogP contribution >= 0.6 is 0 Å². The number of aliphatic carboxylic acids is 1. The maximum Gasteiger partial charge on any atom is 0.326 e. The van der Waals surface area contributed by atoms with Gasteiger partial charge in [-0.15, -0.1) is 0 Å². The first kappa shape index (κ1) is 16.5. The molecule has 9 heteroatoms. The van der Waals surface area contributed by atoms with Crippen molar-refractivity contribution in [2.45, 2.75) is 19.9 Å². The van der Waals surface area contributed by atoms with Crippen molar-refractivity contribution in [1.29, 1.82) is 0 Å². The number of methoxy groups -OCH3 is 2. The Hall–Kier alpha value is -2.58. The maximum atomic E-state index is 11.8. The van der Waals surface area contributed by atoms with Crippen LogP contribution in [0, 0.1) is 5.92 Å². The molecule has 2 amide bonds. The molecule has 1 heterocycles. The molecule has 0 bridgehead atoms. The van der Waals surface area contributed by atoms with Crippen molar-refractivity contribution in [2.75, 3.05) is 19.5 Å². The second-order valence-electron chi connectivity index (χ2n) is 4.43. The Kier molecular flexibility index (Phi) is 5.70. The van der Waals surface area contributed by atoms with Crippen molar-refractivity contribution in [3.8, 4) is 11.8 Å². The van der Waals surface area contributed by atoms with Crippen molar-refractivity contribution in [1.82, 2.24) is 15.3 Å². The van der Waals surface area contributed by atoms with Crippen LogP contribution in [-0.2, 0) is 4.79 Å². The third kappa shape index (κ3) is 4.79. The molecular weight excluding hydrogens is 280 g/mol. The molecule has 1 atom stereocenters. The van der Waals surface area contributed by atoms with E-state index in [4.69, 9.17) is 14.6 Å². The second kappa shape index (κ2) is 7.27. The summed E-state index contributed by atoms with van der Waals surface area (Å²) in [6.45, 7) is 3.37. The van der Waals surface area contributed by atoms with Crippen LogP contribution in [0.3, 0.4) is 0 Å². The van der Waals surface area contributed by atoms with Gasteiger partial charge in [-0.05, 0) is 5.92 Å². The van der Waals surface area contributed by atoms with Crippen molar-refractivity contribution in [2.24, 2.45) is 5.92 Å². The van der Waals surface area contributed by atoms with E-state index in [-0.39, 0.29) is 23.6 Å². The summed E-state index contributed by atoms with van der Waals surface area (Å²) in [5.41, 5.74) is 0. The number of carbonyl (C=O) groups excluding carboxylic acids is 1. The van der Waals surface area contributed by atoms with Gasteiger partial charge in [0.1, 0.15) is 6.04 Å². The number of carboxylic acid groups (broad SMARTS) is 1. The third-order valence-corrected chi connectivity index (χ3v) is 2.54. The van der Waals surface area contributed by atoms with E-state index in [0.29, 0.717) is 0 Å². The SMILES string of the molecule is COc1cc(OC)nc(NC(=O)NC(C(=O)O)C(C)C)n1. The molecule has 1 aromatic heterocycles. The number of ether oxygens (including phenoxy) is 2. The highest BCUT2D eigenvalue weighted by Gasteiger charge is 2.23. The zero-order valence-electron chi connectivity index (χ0n) is 12.2. The van der Waals surface area contributed by atoms with Gasteiger partial charge in [0.15, 0.2) is 0 Å². The van der Waals surface area contributed by atoms with Crippen LogP contribution < -0.4 is 20.1 Å². The predicted molar refractivity (Wildman–Crippen MR) is 73.6 cm³/mol. The number of nitrogens with one attached hydrogen (secondary N) is 2. The number of urea groups is 1. The third-order valence-electron chi connectivity index (χ3n) is 2.54. The second-order valence-corrected chi connectivity index (χ2v) is 4.43. The molecule has 1 unspecified atom stereocenters. The lowest BCUT2D eigenvalue weighted by Crippen LogP contribution is -2.46. The molecule has 0 fully saturated rings. The number of aromatic nitrogens is 2. The fourth-order valence-electron chi connectivity index (χ4n) is 1.46. The van der Waals surface area contributed by atoms with Crippen LogP contribution in [0.2, 0.25) is 0 Å². The minimum Gasteiger partial charge on any atom is -0.481 e. The fraction of sp³-hybridized carbons (Fsp3) is 0.500. The number of carbonyl (C=O) groups is 2. The van der Waals surface area contributed by atoms with Crippen LogP contribution in [0.4, 0.5) is 10.7 Å². The van der Waals surface area contributed by atoms with Crippen LogP contribution in [0.25, 0.3) is 0 Å². The average molecular weight is 298 g/mol. The van der Waals surface area contributed by atoms with Gasteiger partial charge >= 0.3 is 12.0 Å². The summed E-state index contributed by atoms with van der Waals surface area (Å²) in [4.78, 5) is 30.6. The summed E-state index contributed by atoms with van der Waals surface area (Å²) in [5, 5.41) is 13.7. The predicted octanol–water partition coefficient (Wildman–Crippen LogP) is 0.724. The number of anilines is 1. The molecule has 0 spiro atoms. The largest absolute Gasteiger partial charge is 0.481 e. The Morgan fingerprint density at radius 2 is 1.71 bits per heavy atom. The van der Waals surface area contributed by atoms with E-state index in [9.17, 15) is 9.59 Å². The lowest BCUT2D eigenvalue weighted by Gasteiger charge is -2.17. The summed E-state index contributed by atoms with van der Waals surface area (Å²) in [6.07, 6.45) is 0. The van der Waals surface area contributed by atoms with E-state index in [1.807, 2.05) is 0 Å². The van der Waals surface area contributed by atoms with E-state index in [1.54, 1.807) is 13.8 Å². The molecule has 21 heavy (non-hydrogen) atoms. The molecule has 0 saturated heterocycles. The van der Waals surface area contributed by atoms with Gasteiger partial charge in [-0.2, -0.15) is 9.97 Å². The van der Waals surface area contributed by atoms with Gasteiger partial charge in [-0.1, -0.05) is 13.8 Å². The summed E-state index contributed by atoms with van der Waals surface area (Å²) in [5.74, 6) is -1.04.